The molecule has 0 saturated heterocycles. The van der Waals surface area contributed by atoms with E-state index in [1.165, 1.54) is 0 Å². The maximum atomic E-state index is 13.0. The van der Waals surface area contributed by atoms with Gasteiger partial charge in [-0.1, -0.05) is 11.6 Å². The molecule has 0 aliphatic heterocycles. The number of rotatable bonds is 2. The Morgan fingerprint density at radius 3 is 2.60 bits per heavy atom. The van der Waals surface area contributed by atoms with Gasteiger partial charge in [0.2, 0.25) is 0 Å². The Kier molecular flexibility index (Phi) is 3.66. The van der Waals surface area contributed by atoms with Gasteiger partial charge in [0.15, 0.2) is 0 Å². The van der Waals surface area contributed by atoms with Gasteiger partial charge in [-0.2, -0.15) is 13.2 Å². The lowest BCUT2D eigenvalue weighted by Gasteiger charge is -2.11. The van der Waals surface area contributed by atoms with Crippen molar-refractivity contribution in [2.45, 2.75) is 12.7 Å². The maximum Gasteiger partial charge on any atom is 0.418 e. The molecule has 0 radical (unpaired) electrons. The second-order valence-electron chi connectivity index (χ2n) is 3.93. The summed E-state index contributed by atoms with van der Waals surface area (Å²) in [7, 11) is 1.10. The first-order valence-corrected chi connectivity index (χ1v) is 5.78. The van der Waals surface area contributed by atoms with Gasteiger partial charge in [-0.15, -0.1) is 0 Å². The van der Waals surface area contributed by atoms with Crippen LogP contribution >= 0.6 is 11.6 Å². The van der Waals surface area contributed by atoms with E-state index in [4.69, 9.17) is 21.8 Å². The summed E-state index contributed by atoms with van der Waals surface area (Å²) in [5.41, 5.74) is 3.86. The second-order valence-corrected chi connectivity index (χ2v) is 4.34. The number of methoxy groups -OCH3 is 1. The van der Waals surface area contributed by atoms with Crippen molar-refractivity contribution < 1.29 is 27.1 Å². The van der Waals surface area contributed by atoms with Gasteiger partial charge >= 0.3 is 12.1 Å². The highest BCUT2D eigenvalue weighted by Crippen LogP contribution is 2.42. The summed E-state index contributed by atoms with van der Waals surface area (Å²) >= 11 is 5.65. The summed E-state index contributed by atoms with van der Waals surface area (Å²) in [5, 5.41) is -0.916. The number of halogens is 4. The lowest BCUT2D eigenvalue weighted by atomic mass is 10.1. The molecule has 1 aromatic carbocycles. The van der Waals surface area contributed by atoms with E-state index in [9.17, 15) is 18.0 Å². The molecule has 0 aliphatic carbocycles. The van der Waals surface area contributed by atoms with Gasteiger partial charge in [0.1, 0.15) is 16.9 Å². The number of benzene rings is 1. The SMILES string of the molecule is COC(=O)c1cc(Cl)c(C(F)(F)F)c2cc(CN)oc12. The molecule has 1 aromatic heterocycles. The molecule has 2 aromatic rings. The molecule has 8 heteroatoms. The highest BCUT2D eigenvalue weighted by molar-refractivity contribution is 6.33. The Labute approximate surface area is 116 Å². The van der Waals surface area contributed by atoms with Crippen molar-refractivity contribution in [2.75, 3.05) is 7.11 Å². The van der Waals surface area contributed by atoms with Crippen LogP contribution in [0.25, 0.3) is 11.0 Å². The number of esters is 1. The largest absolute Gasteiger partial charge is 0.465 e. The Bertz CT molecular complexity index is 679. The standard InChI is InChI=1S/C12H9ClF3NO3/c1-19-11(18)7-3-8(13)9(12(14,15)16)6-2-5(4-17)20-10(6)7/h2-3H,4,17H2,1H3. The lowest BCUT2D eigenvalue weighted by Crippen LogP contribution is -2.09. The Balaban J connectivity index is 2.87. The van der Waals surface area contributed by atoms with Crippen LogP contribution in [-0.2, 0) is 17.5 Å². The van der Waals surface area contributed by atoms with E-state index in [2.05, 4.69) is 4.74 Å². The fourth-order valence-corrected chi connectivity index (χ4v) is 2.19. The van der Waals surface area contributed by atoms with Crippen LogP contribution in [0, 0.1) is 0 Å². The molecule has 2 N–H and O–H groups in total. The topological polar surface area (TPSA) is 65.5 Å². The van der Waals surface area contributed by atoms with Crippen LogP contribution in [0.4, 0.5) is 13.2 Å². The second kappa shape index (κ2) is 4.99. The zero-order valence-electron chi connectivity index (χ0n) is 10.2. The van der Waals surface area contributed by atoms with E-state index in [0.717, 1.165) is 19.2 Å². The summed E-state index contributed by atoms with van der Waals surface area (Å²) < 4.78 is 48.8. The van der Waals surface area contributed by atoms with Crippen molar-refractivity contribution in [1.82, 2.24) is 0 Å². The number of nitrogens with two attached hydrogens (primary N) is 1. The van der Waals surface area contributed by atoms with Crippen LogP contribution in [0.1, 0.15) is 21.7 Å². The number of ether oxygens (including phenoxy) is 1. The minimum absolute atomic E-state index is 0.107. The van der Waals surface area contributed by atoms with Crippen molar-refractivity contribution in [3.8, 4) is 0 Å². The number of hydrogen-bond donors (Lipinski definition) is 1. The molecular formula is C12H9ClF3NO3. The number of carbonyl (C=O) groups is 1. The predicted molar refractivity (Wildman–Crippen MR) is 65.5 cm³/mol. The van der Waals surface area contributed by atoms with Gasteiger partial charge in [-0.05, 0) is 12.1 Å². The number of fused-ring (bicyclic) bond motifs is 1. The first kappa shape index (κ1) is 14.7. The van der Waals surface area contributed by atoms with E-state index in [0.29, 0.717) is 0 Å². The fourth-order valence-electron chi connectivity index (χ4n) is 1.87. The van der Waals surface area contributed by atoms with Crippen LogP contribution in [0.3, 0.4) is 0 Å². The van der Waals surface area contributed by atoms with E-state index in [1.807, 2.05) is 0 Å². The van der Waals surface area contributed by atoms with Gasteiger partial charge in [0.25, 0.3) is 0 Å². The zero-order valence-corrected chi connectivity index (χ0v) is 10.9. The average Bonchev–Trinajstić information content (AvgIpc) is 2.78. The molecule has 0 spiro atoms. The van der Waals surface area contributed by atoms with Crippen LogP contribution < -0.4 is 5.73 Å². The molecule has 0 unspecified atom stereocenters. The first-order chi connectivity index (χ1) is 9.29. The molecule has 0 fully saturated rings. The molecule has 108 valence electrons. The number of alkyl halides is 3. The molecule has 0 saturated carbocycles. The van der Waals surface area contributed by atoms with Crippen LogP contribution in [0.5, 0.6) is 0 Å². The molecule has 0 atom stereocenters. The number of furan rings is 1. The Morgan fingerprint density at radius 2 is 2.10 bits per heavy atom. The minimum atomic E-state index is -4.68. The summed E-state index contributed by atoms with van der Waals surface area (Å²) in [5.74, 6) is -0.735. The van der Waals surface area contributed by atoms with Crippen molar-refractivity contribution in [2.24, 2.45) is 5.73 Å². The molecular weight excluding hydrogens is 299 g/mol. The number of carbonyl (C=O) groups excluding carboxylic acids is 1. The van der Waals surface area contributed by atoms with Crippen molar-refractivity contribution in [1.29, 1.82) is 0 Å². The summed E-state index contributed by atoms with van der Waals surface area (Å²) in [6.45, 7) is -0.107. The summed E-state index contributed by atoms with van der Waals surface area (Å²) in [6, 6.07) is 2.00. The van der Waals surface area contributed by atoms with Gasteiger partial charge in [-0.25, -0.2) is 4.79 Å². The van der Waals surface area contributed by atoms with Gasteiger partial charge in [0.05, 0.1) is 24.2 Å². The van der Waals surface area contributed by atoms with Crippen molar-refractivity contribution >= 4 is 28.5 Å². The van der Waals surface area contributed by atoms with E-state index in [-0.39, 0.29) is 28.8 Å². The maximum absolute atomic E-state index is 13.0. The van der Waals surface area contributed by atoms with Crippen LogP contribution in [0.15, 0.2) is 16.5 Å². The molecule has 2 rings (SSSR count). The van der Waals surface area contributed by atoms with Crippen molar-refractivity contribution in [3.05, 3.63) is 34.0 Å². The molecule has 0 amide bonds. The van der Waals surface area contributed by atoms with Gasteiger partial charge in [0, 0.05) is 5.39 Å². The van der Waals surface area contributed by atoms with Crippen LogP contribution in [-0.4, -0.2) is 13.1 Å². The average molecular weight is 308 g/mol. The third-order valence-corrected chi connectivity index (χ3v) is 3.00. The highest BCUT2D eigenvalue weighted by atomic mass is 35.5. The van der Waals surface area contributed by atoms with E-state index < -0.39 is 22.7 Å². The lowest BCUT2D eigenvalue weighted by molar-refractivity contribution is -0.136. The number of hydrogen-bond acceptors (Lipinski definition) is 4. The monoisotopic (exact) mass is 307 g/mol. The quantitative estimate of drug-likeness (QED) is 0.864. The minimum Gasteiger partial charge on any atom is -0.465 e. The Hall–Kier alpha value is -1.73. The third-order valence-electron chi connectivity index (χ3n) is 2.70. The first-order valence-electron chi connectivity index (χ1n) is 5.40. The molecule has 0 bridgehead atoms. The van der Waals surface area contributed by atoms with E-state index >= 15 is 0 Å². The summed E-state index contributed by atoms with van der Waals surface area (Å²) in [4.78, 5) is 11.6. The molecule has 4 nitrogen and oxygen atoms in total. The zero-order chi connectivity index (χ0) is 15.1. The predicted octanol–water partition coefficient (Wildman–Crippen LogP) is 3.35. The molecule has 0 aliphatic rings. The fraction of sp³-hybridized carbons (Fsp3) is 0.250. The molecule has 1 heterocycles. The third kappa shape index (κ3) is 2.34. The Morgan fingerprint density at radius 1 is 1.45 bits per heavy atom. The molecule has 20 heavy (non-hydrogen) atoms. The summed E-state index contributed by atoms with van der Waals surface area (Å²) in [6.07, 6.45) is -4.68. The normalized spacial score (nSPS) is 11.9. The van der Waals surface area contributed by atoms with Crippen LogP contribution in [0.2, 0.25) is 5.02 Å². The smallest absolute Gasteiger partial charge is 0.418 e. The van der Waals surface area contributed by atoms with Gasteiger partial charge in [-0.3, -0.25) is 0 Å². The van der Waals surface area contributed by atoms with E-state index in [1.54, 1.807) is 0 Å². The highest BCUT2D eigenvalue weighted by Gasteiger charge is 2.37. The van der Waals surface area contributed by atoms with Gasteiger partial charge < -0.3 is 14.9 Å². The van der Waals surface area contributed by atoms with Crippen molar-refractivity contribution in [3.63, 3.8) is 0 Å².